The quantitative estimate of drug-likeness (QED) is 0.439. The summed E-state index contributed by atoms with van der Waals surface area (Å²) in [7, 11) is 1.63. The van der Waals surface area contributed by atoms with Crippen LogP contribution in [0.4, 0.5) is 4.39 Å². The Bertz CT molecular complexity index is 1510. The summed E-state index contributed by atoms with van der Waals surface area (Å²) in [6.45, 7) is 2.48. The van der Waals surface area contributed by atoms with E-state index in [9.17, 15) is 14.0 Å². The summed E-state index contributed by atoms with van der Waals surface area (Å²) in [5.41, 5.74) is 3.12. The lowest BCUT2D eigenvalue weighted by Gasteiger charge is -2.51. The molecule has 1 saturated heterocycles. The molecule has 2 amide bonds. The molecular formula is C30H28FN3O3. The van der Waals surface area contributed by atoms with Crippen molar-refractivity contribution in [2.24, 2.45) is 0 Å². The van der Waals surface area contributed by atoms with Crippen molar-refractivity contribution in [2.45, 2.75) is 24.8 Å². The number of ether oxygens (including phenoxy) is 1. The van der Waals surface area contributed by atoms with Gasteiger partial charge in [0, 0.05) is 29.9 Å². The average molecular weight is 498 g/mol. The van der Waals surface area contributed by atoms with Crippen LogP contribution in [0, 0.1) is 5.82 Å². The number of benzene rings is 3. The van der Waals surface area contributed by atoms with E-state index in [0.717, 1.165) is 33.5 Å². The van der Waals surface area contributed by atoms with Crippen molar-refractivity contribution in [3.05, 3.63) is 101 Å². The lowest BCUT2D eigenvalue weighted by atomic mass is 9.76. The number of para-hydroxylation sites is 1. The zero-order valence-electron chi connectivity index (χ0n) is 20.8. The molecule has 2 atom stereocenters. The van der Waals surface area contributed by atoms with Gasteiger partial charge in [-0.05, 0) is 54.3 Å². The number of rotatable bonds is 5. The normalized spacial score (nSPS) is 21.2. The van der Waals surface area contributed by atoms with Crippen molar-refractivity contribution < 1.29 is 18.7 Å². The molecule has 1 N–H and O–H groups in total. The maximum absolute atomic E-state index is 14.2. The molecule has 0 aliphatic carbocycles. The summed E-state index contributed by atoms with van der Waals surface area (Å²) >= 11 is 0. The van der Waals surface area contributed by atoms with Crippen LogP contribution in [0.5, 0.6) is 5.75 Å². The first-order valence-corrected chi connectivity index (χ1v) is 12.5. The van der Waals surface area contributed by atoms with Gasteiger partial charge in [-0.1, -0.05) is 48.5 Å². The molecule has 7 heteroatoms. The third kappa shape index (κ3) is 3.60. The van der Waals surface area contributed by atoms with Crippen molar-refractivity contribution in [3.8, 4) is 5.75 Å². The van der Waals surface area contributed by atoms with E-state index >= 15 is 0 Å². The number of hydrogen-bond donors (Lipinski definition) is 1. The van der Waals surface area contributed by atoms with Crippen LogP contribution in [0.1, 0.15) is 35.2 Å². The molecular weight excluding hydrogens is 469 g/mol. The van der Waals surface area contributed by atoms with Gasteiger partial charge in [-0.25, -0.2) is 4.39 Å². The largest absolute Gasteiger partial charge is 0.497 e. The molecule has 2 aliphatic heterocycles. The van der Waals surface area contributed by atoms with Gasteiger partial charge in [-0.3, -0.25) is 9.59 Å². The van der Waals surface area contributed by atoms with Crippen molar-refractivity contribution in [2.75, 3.05) is 26.7 Å². The molecule has 3 aromatic carbocycles. The molecule has 6 nitrogen and oxygen atoms in total. The first-order valence-electron chi connectivity index (χ1n) is 12.5. The number of piperazine rings is 1. The summed E-state index contributed by atoms with van der Waals surface area (Å²) in [5, 5.41) is 1.04. The van der Waals surface area contributed by atoms with E-state index in [1.165, 1.54) is 6.07 Å². The number of aromatic nitrogens is 1. The van der Waals surface area contributed by atoms with E-state index in [2.05, 4.69) is 11.1 Å². The van der Waals surface area contributed by atoms with Crippen LogP contribution in [-0.4, -0.2) is 53.3 Å². The SMILES string of the molecule is COc1ccc([C@@H]2CN3C(=O)CN(CCc4ccccc4F)C(=O)[C@]3(C)c3[nH]c4ccccc4c32)cc1. The van der Waals surface area contributed by atoms with Crippen molar-refractivity contribution >= 4 is 22.7 Å². The lowest BCUT2D eigenvalue weighted by Crippen LogP contribution is -2.67. The highest BCUT2D eigenvalue weighted by molar-refractivity contribution is 6.01. The fraction of sp³-hybridized carbons (Fsp3) is 0.267. The number of halogens is 1. The van der Waals surface area contributed by atoms with Gasteiger partial charge in [0.15, 0.2) is 5.54 Å². The van der Waals surface area contributed by atoms with Crippen molar-refractivity contribution in [1.29, 1.82) is 0 Å². The molecule has 4 aromatic rings. The molecule has 0 unspecified atom stereocenters. The second-order valence-corrected chi connectivity index (χ2v) is 9.93. The standard InChI is InChI=1S/C30H28FN3O3/c1-30-28-27(22-8-4-6-10-25(22)32-28)23(19-11-13-21(37-2)14-12-19)17-34(30)26(35)18-33(29(30)36)16-15-20-7-3-5-9-24(20)31/h3-14,23,32H,15-18H2,1-2H3/t23-,30-/m0/s1. The molecule has 0 saturated carbocycles. The molecule has 0 radical (unpaired) electrons. The van der Waals surface area contributed by atoms with E-state index in [1.54, 1.807) is 35.1 Å². The number of nitrogens with one attached hydrogen (secondary N) is 1. The third-order valence-electron chi connectivity index (χ3n) is 7.94. The van der Waals surface area contributed by atoms with Crippen LogP contribution < -0.4 is 4.74 Å². The number of aromatic amines is 1. The molecule has 0 bridgehead atoms. The number of carbonyl (C=O) groups excluding carboxylic acids is 2. The zero-order valence-corrected chi connectivity index (χ0v) is 20.8. The van der Waals surface area contributed by atoms with Gasteiger partial charge in [0.2, 0.25) is 5.91 Å². The van der Waals surface area contributed by atoms with Gasteiger partial charge in [-0.2, -0.15) is 0 Å². The van der Waals surface area contributed by atoms with Crippen LogP contribution in [0.15, 0.2) is 72.8 Å². The number of amides is 2. The molecule has 3 heterocycles. The minimum absolute atomic E-state index is 0.0201. The number of nitrogens with zero attached hydrogens (tertiary/aromatic N) is 2. The highest BCUT2D eigenvalue weighted by atomic mass is 19.1. The van der Waals surface area contributed by atoms with E-state index in [-0.39, 0.29) is 36.6 Å². The molecule has 0 spiro atoms. The van der Waals surface area contributed by atoms with E-state index in [1.807, 2.05) is 49.4 Å². The smallest absolute Gasteiger partial charge is 0.254 e. The van der Waals surface area contributed by atoms with Gasteiger partial charge in [-0.15, -0.1) is 0 Å². The molecule has 1 fully saturated rings. The summed E-state index contributed by atoms with van der Waals surface area (Å²) in [4.78, 5) is 34.5. The lowest BCUT2D eigenvalue weighted by molar-refractivity contribution is -0.166. The Morgan fingerprint density at radius 2 is 1.76 bits per heavy atom. The fourth-order valence-corrected chi connectivity index (χ4v) is 5.95. The number of hydrogen-bond acceptors (Lipinski definition) is 3. The van der Waals surface area contributed by atoms with Crippen molar-refractivity contribution in [3.63, 3.8) is 0 Å². The highest BCUT2D eigenvalue weighted by Gasteiger charge is 2.56. The van der Waals surface area contributed by atoms with Crippen LogP contribution in [0.25, 0.3) is 10.9 Å². The topological polar surface area (TPSA) is 65.6 Å². The van der Waals surface area contributed by atoms with E-state index < -0.39 is 5.54 Å². The predicted molar refractivity (Wildman–Crippen MR) is 139 cm³/mol. The maximum atomic E-state index is 14.2. The van der Waals surface area contributed by atoms with Crippen LogP contribution >= 0.6 is 0 Å². The number of methoxy groups -OCH3 is 1. The molecule has 188 valence electrons. The van der Waals surface area contributed by atoms with Gasteiger partial charge >= 0.3 is 0 Å². The minimum Gasteiger partial charge on any atom is -0.497 e. The fourth-order valence-electron chi connectivity index (χ4n) is 5.95. The Morgan fingerprint density at radius 3 is 2.51 bits per heavy atom. The first kappa shape index (κ1) is 23.3. The Labute approximate surface area is 214 Å². The molecule has 1 aromatic heterocycles. The second-order valence-electron chi connectivity index (χ2n) is 9.93. The van der Waals surface area contributed by atoms with Gasteiger partial charge in [0.1, 0.15) is 11.6 Å². The van der Waals surface area contributed by atoms with E-state index in [4.69, 9.17) is 4.74 Å². The highest BCUT2D eigenvalue weighted by Crippen LogP contribution is 2.48. The maximum Gasteiger partial charge on any atom is 0.254 e. The first-order chi connectivity index (χ1) is 17.9. The van der Waals surface area contributed by atoms with Gasteiger partial charge in [0.25, 0.3) is 5.91 Å². The van der Waals surface area contributed by atoms with E-state index in [0.29, 0.717) is 18.5 Å². The van der Waals surface area contributed by atoms with Crippen LogP contribution in [-0.2, 0) is 21.5 Å². The number of carbonyl (C=O) groups is 2. The zero-order chi connectivity index (χ0) is 25.7. The Balaban J connectivity index is 1.43. The van der Waals surface area contributed by atoms with Gasteiger partial charge < -0.3 is 19.5 Å². The molecule has 37 heavy (non-hydrogen) atoms. The number of H-pyrrole nitrogens is 1. The molecule has 6 rings (SSSR count). The van der Waals surface area contributed by atoms with Gasteiger partial charge in [0.05, 0.1) is 19.3 Å². The summed E-state index contributed by atoms with van der Waals surface area (Å²) in [5.74, 6) is 0.0945. The minimum atomic E-state index is -1.18. The van der Waals surface area contributed by atoms with Crippen molar-refractivity contribution in [1.82, 2.24) is 14.8 Å². The predicted octanol–water partition coefficient (Wildman–Crippen LogP) is 4.59. The van der Waals surface area contributed by atoms with Crippen LogP contribution in [0.2, 0.25) is 0 Å². The second kappa shape index (κ2) is 8.76. The summed E-state index contributed by atoms with van der Waals surface area (Å²) in [6.07, 6.45) is 0.343. The average Bonchev–Trinajstić information content (AvgIpc) is 3.32. The summed E-state index contributed by atoms with van der Waals surface area (Å²) < 4.78 is 19.6. The molecule has 2 aliphatic rings. The summed E-state index contributed by atoms with van der Waals surface area (Å²) in [6, 6.07) is 22.5. The Morgan fingerprint density at radius 1 is 1.03 bits per heavy atom. The third-order valence-corrected chi connectivity index (χ3v) is 7.94. The van der Waals surface area contributed by atoms with Crippen LogP contribution in [0.3, 0.4) is 0 Å². The number of fused-ring (bicyclic) bond motifs is 5. The Kier molecular flexibility index (Phi) is 5.51. The monoisotopic (exact) mass is 497 g/mol. The Hall–Kier alpha value is -4.13.